The van der Waals surface area contributed by atoms with Crippen molar-refractivity contribution in [3.63, 3.8) is 0 Å². The average Bonchev–Trinajstić information content (AvgIpc) is 3.52. The van der Waals surface area contributed by atoms with Gasteiger partial charge in [-0.05, 0) is 24.7 Å². The second kappa shape index (κ2) is 9.75. The van der Waals surface area contributed by atoms with E-state index in [1.165, 1.54) is 0 Å². The first-order valence-electron chi connectivity index (χ1n) is 11.6. The summed E-state index contributed by atoms with van der Waals surface area (Å²) in [5.41, 5.74) is 2.72. The Morgan fingerprint density at radius 3 is 2.72 bits per heavy atom. The lowest BCUT2D eigenvalue weighted by atomic mass is 10.1. The number of piperazine rings is 1. The van der Waals surface area contributed by atoms with E-state index in [0.29, 0.717) is 41.6 Å². The van der Waals surface area contributed by atoms with Crippen molar-refractivity contribution in [2.24, 2.45) is 7.05 Å². The van der Waals surface area contributed by atoms with Gasteiger partial charge in [0.15, 0.2) is 11.5 Å². The second-order valence-corrected chi connectivity index (χ2v) is 8.92. The van der Waals surface area contributed by atoms with E-state index in [4.69, 9.17) is 10.4 Å². The zero-order valence-corrected chi connectivity index (χ0v) is 20.1. The number of nitrogens with zero attached hydrogens (tertiary/aromatic N) is 8. The van der Waals surface area contributed by atoms with Gasteiger partial charge in [-0.1, -0.05) is 12.1 Å². The van der Waals surface area contributed by atoms with Crippen LogP contribution in [-0.4, -0.2) is 74.4 Å². The number of nitriles is 1. The molecule has 11 heteroatoms. The van der Waals surface area contributed by atoms with E-state index >= 15 is 0 Å². The van der Waals surface area contributed by atoms with Crippen molar-refractivity contribution >= 4 is 17.4 Å². The summed E-state index contributed by atoms with van der Waals surface area (Å²) in [5.74, 6) is 0.923. The number of hydrogen-bond donors (Lipinski definition) is 1. The van der Waals surface area contributed by atoms with Gasteiger partial charge in [0.05, 0.1) is 17.7 Å². The number of aromatic nitrogens is 5. The van der Waals surface area contributed by atoms with Crippen molar-refractivity contribution in [1.82, 2.24) is 34.4 Å². The number of likely N-dealkylation sites (N-methyl/N-ethyl adjacent to an activating group) is 1. The lowest BCUT2D eigenvalue weighted by Gasteiger charge is -2.40. The van der Waals surface area contributed by atoms with Crippen LogP contribution < -0.4 is 10.2 Å². The number of aryl methyl sites for hydroxylation is 1. The van der Waals surface area contributed by atoms with Crippen LogP contribution in [-0.2, 0) is 13.6 Å². The Morgan fingerprint density at radius 2 is 2.03 bits per heavy atom. The number of carbonyl (C=O) groups is 1. The first kappa shape index (κ1) is 23.4. The van der Waals surface area contributed by atoms with Crippen LogP contribution >= 0.6 is 0 Å². The summed E-state index contributed by atoms with van der Waals surface area (Å²) in [6.45, 7) is 1.67. The highest BCUT2D eigenvalue weighted by atomic mass is 19.1. The van der Waals surface area contributed by atoms with Crippen molar-refractivity contribution in [1.29, 1.82) is 5.26 Å². The maximum atomic E-state index is 14.1. The van der Waals surface area contributed by atoms with Crippen LogP contribution in [0, 0.1) is 11.3 Å². The number of nitrogens with one attached hydrogen (secondary N) is 1. The minimum atomic E-state index is -0.526. The molecule has 1 aromatic carbocycles. The maximum Gasteiger partial charge on any atom is 0.270 e. The number of alkyl halides is 1. The largest absolute Gasteiger partial charge is 0.348 e. The third kappa shape index (κ3) is 4.50. The molecule has 36 heavy (non-hydrogen) atoms. The van der Waals surface area contributed by atoms with Crippen molar-refractivity contribution < 1.29 is 9.18 Å². The molecule has 4 heterocycles. The number of carbonyl (C=O) groups excluding carboxylic acids is 1. The summed E-state index contributed by atoms with van der Waals surface area (Å²) in [4.78, 5) is 26.1. The monoisotopic (exact) mass is 487 g/mol. The van der Waals surface area contributed by atoms with Gasteiger partial charge in [-0.3, -0.25) is 4.79 Å². The zero-order valence-electron chi connectivity index (χ0n) is 20.1. The number of fused-ring (bicyclic) bond motifs is 1. The van der Waals surface area contributed by atoms with Crippen molar-refractivity contribution in [2.45, 2.75) is 12.6 Å². The van der Waals surface area contributed by atoms with E-state index in [1.54, 1.807) is 47.1 Å². The third-order valence-corrected chi connectivity index (χ3v) is 6.39. The fraction of sp³-hybridized carbons (Fsp3) is 0.320. The van der Waals surface area contributed by atoms with Gasteiger partial charge in [-0.15, -0.1) is 0 Å². The number of amides is 1. The molecule has 1 aliphatic rings. The first-order chi connectivity index (χ1) is 17.5. The maximum absolute atomic E-state index is 14.1. The quantitative estimate of drug-likeness (QED) is 0.443. The number of imidazole rings is 1. The highest BCUT2D eigenvalue weighted by molar-refractivity contribution is 5.93. The molecular weight excluding hydrogens is 461 g/mol. The summed E-state index contributed by atoms with van der Waals surface area (Å²) < 4.78 is 17.6. The molecule has 0 saturated carbocycles. The van der Waals surface area contributed by atoms with E-state index in [0.717, 1.165) is 12.1 Å². The van der Waals surface area contributed by atoms with Crippen LogP contribution in [0.2, 0.25) is 0 Å². The molecule has 0 bridgehead atoms. The second-order valence-electron chi connectivity index (χ2n) is 8.92. The minimum absolute atomic E-state index is 0.217. The van der Waals surface area contributed by atoms with E-state index in [-0.39, 0.29) is 24.2 Å². The van der Waals surface area contributed by atoms with Crippen molar-refractivity contribution in [2.75, 3.05) is 38.3 Å². The van der Waals surface area contributed by atoms with Gasteiger partial charge >= 0.3 is 0 Å². The van der Waals surface area contributed by atoms with E-state index in [9.17, 15) is 9.18 Å². The summed E-state index contributed by atoms with van der Waals surface area (Å²) in [7, 11) is 3.85. The van der Waals surface area contributed by atoms with Gasteiger partial charge in [0.25, 0.3) is 5.91 Å². The van der Waals surface area contributed by atoms with E-state index in [1.807, 2.05) is 29.8 Å². The molecule has 1 atom stereocenters. The summed E-state index contributed by atoms with van der Waals surface area (Å²) in [6.07, 6.45) is 3.52. The lowest BCUT2D eigenvalue weighted by Crippen LogP contribution is -2.53. The average molecular weight is 488 g/mol. The van der Waals surface area contributed by atoms with Gasteiger partial charge in [0.2, 0.25) is 0 Å². The number of hydrogen-bond acceptors (Lipinski definition) is 7. The molecule has 1 fully saturated rings. The predicted octanol–water partition coefficient (Wildman–Crippen LogP) is 2.02. The molecule has 1 saturated heterocycles. The van der Waals surface area contributed by atoms with Crippen LogP contribution in [0.1, 0.15) is 21.6 Å². The number of rotatable bonds is 6. The highest BCUT2D eigenvalue weighted by Crippen LogP contribution is 2.26. The molecule has 10 nitrogen and oxygen atoms in total. The fourth-order valence-electron chi connectivity index (χ4n) is 4.42. The molecule has 0 radical (unpaired) electrons. The van der Waals surface area contributed by atoms with Gasteiger partial charge in [-0.2, -0.15) is 14.9 Å². The van der Waals surface area contributed by atoms with Gasteiger partial charge < -0.3 is 19.7 Å². The number of anilines is 1. The third-order valence-electron chi connectivity index (χ3n) is 6.39. The molecule has 0 spiro atoms. The Morgan fingerprint density at radius 1 is 1.22 bits per heavy atom. The lowest BCUT2D eigenvalue weighted by molar-refractivity contribution is 0.0946. The first-order valence-corrected chi connectivity index (χ1v) is 11.6. The molecular formula is C25H26FN9O. The number of benzene rings is 1. The molecule has 1 aliphatic heterocycles. The summed E-state index contributed by atoms with van der Waals surface area (Å²) in [6, 6.07) is 12.2. The summed E-state index contributed by atoms with van der Waals surface area (Å²) in [5, 5.41) is 16.6. The Labute approximate surface area is 207 Å². The van der Waals surface area contributed by atoms with Gasteiger partial charge in [-0.25, -0.2) is 14.4 Å². The van der Waals surface area contributed by atoms with Gasteiger partial charge in [0, 0.05) is 57.8 Å². The molecule has 4 aromatic rings. The normalized spacial score (nSPS) is 16.3. The number of halogens is 1. The van der Waals surface area contributed by atoms with Crippen molar-refractivity contribution in [3.05, 3.63) is 65.6 Å². The molecule has 0 unspecified atom stereocenters. The Hall–Kier alpha value is -4.30. The van der Waals surface area contributed by atoms with E-state index < -0.39 is 6.67 Å². The van der Waals surface area contributed by atoms with Crippen LogP contribution in [0.3, 0.4) is 0 Å². The van der Waals surface area contributed by atoms with Crippen LogP contribution in [0.25, 0.3) is 17.2 Å². The van der Waals surface area contributed by atoms with Gasteiger partial charge in [0.1, 0.15) is 23.9 Å². The molecule has 184 valence electrons. The van der Waals surface area contributed by atoms with E-state index in [2.05, 4.69) is 26.3 Å². The molecule has 3 aromatic heterocycles. The van der Waals surface area contributed by atoms with Crippen LogP contribution in [0.15, 0.2) is 48.8 Å². The highest BCUT2D eigenvalue weighted by Gasteiger charge is 2.29. The van der Waals surface area contributed by atoms with Crippen LogP contribution in [0.4, 0.5) is 10.2 Å². The molecule has 5 rings (SSSR count). The smallest absolute Gasteiger partial charge is 0.270 e. The molecule has 1 amide bonds. The SMILES string of the molecule is CN1CCN(c2cc(C(=O)NCc3ccc(C#N)cc3)nc3cc(-c4nccn4C)nn23)[C@H](CF)C1. The topological polar surface area (TPSA) is 107 Å². The van der Waals surface area contributed by atoms with Crippen LogP contribution in [0.5, 0.6) is 0 Å². The molecule has 0 aliphatic carbocycles. The molecule has 1 N–H and O–H groups in total. The van der Waals surface area contributed by atoms with Crippen molar-refractivity contribution in [3.8, 4) is 17.6 Å². The Kier molecular flexibility index (Phi) is 6.35. The minimum Gasteiger partial charge on any atom is -0.348 e. The fourth-order valence-corrected chi connectivity index (χ4v) is 4.42. The summed E-state index contributed by atoms with van der Waals surface area (Å²) >= 11 is 0. The Bertz CT molecular complexity index is 1440. The predicted molar refractivity (Wildman–Crippen MR) is 132 cm³/mol. The Balaban J connectivity index is 1.51. The standard InChI is InChI=1S/C25H26FN9O/c1-32-9-10-34(19(13-26)16-32)23-12-21(25(36)29-15-18-5-3-17(14-27)4-6-18)30-22-11-20(31-35(22)23)24-28-7-8-33(24)2/h3-8,11-12,19H,9-10,13,15-16H2,1-2H3,(H,29,36)/t19-/m1/s1. The zero-order chi connectivity index (χ0) is 25.2.